The molecule has 32 heavy (non-hydrogen) atoms. The molecule has 2 aliphatic heterocycles. The lowest BCUT2D eigenvalue weighted by Crippen LogP contribution is -2.39. The Morgan fingerprint density at radius 1 is 1.09 bits per heavy atom. The minimum atomic E-state index is -1.09. The van der Waals surface area contributed by atoms with E-state index in [4.69, 9.17) is 13.9 Å². The number of phenols is 2. The molecule has 7 nitrogen and oxygen atoms in total. The van der Waals surface area contributed by atoms with E-state index in [1.54, 1.807) is 44.2 Å². The highest BCUT2D eigenvalue weighted by molar-refractivity contribution is 5.93. The summed E-state index contributed by atoms with van der Waals surface area (Å²) in [5.41, 5.74) is -0.631. The number of ether oxygens (including phenoxy) is 2. The quantitative estimate of drug-likeness (QED) is 0.554. The molecule has 0 spiro atoms. The predicted octanol–water partition coefficient (Wildman–Crippen LogP) is 4.13. The minimum Gasteiger partial charge on any atom is -0.507 e. The van der Waals surface area contributed by atoms with Crippen molar-refractivity contribution < 1.29 is 29.2 Å². The Labute approximate surface area is 184 Å². The van der Waals surface area contributed by atoms with Crippen LogP contribution in [0.2, 0.25) is 0 Å². The van der Waals surface area contributed by atoms with Gasteiger partial charge in [-0.1, -0.05) is 0 Å². The van der Waals surface area contributed by atoms with E-state index >= 15 is 0 Å². The number of hydrogen-bond donors (Lipinski definition) is 3. The molecule has 0 amide bonds. The van der Waals surface area contributed by atoms with Gasteiger partial charge in [0.25, 0.3) is 0 Å². The molecule has 2 aliphatic rings. The number of benzene rings is 2. The molecule has 0 fully saturated rings. The first-order chi connectivity index (χ1) is 15.0. The summed E-state index contributed by atoms with van der Waals surface area (Å²) in [5, 5.41) is 32.1. The first-order valence-electron chi connectivity index (χ1n) is 10.4. The van der Waals surface area contributed by atoms with Crippen LogP contribution in [0.3, 0.4) is 0 Å². The lowest BCUT2D eigenvalue weighted by molar-refractivity contribution is -0.0229. The highest BCUT2D eigenvalue weighted by Gasteiger charge is 2.37. The van der Waals surface area contributed by atoms with Gasteiger partial charge in [0, 0.05) is 23.6 Å². The Morgan fingerprint density at radius 2 is 1.84 bits per heavy atom. The van der Waals surface area contributed by atoms with Crippen LogP contribution in [0.5, 0.6) is 23.0 Å². The average Bonchev–Trinajstić information content (AvgIpc) is 3.14. The molecule has 0 bridgehead atoms. The maximum absolute atomic E-state index is 13.4. The molecule has 0 unspecified atom stereocenters. The standard InChI is InChI=1S/C25H24O7/c1-24(2)8-7-13-17(32-24)10-18-20(22(13)27)23(28)15(11-30-18)12-5-6-16-14(21(12)26)9-19(31-16)25(3,4)29/h5-8,10-11,19,26-27,29H,9H2,1-4H3/t19-/m1/s1. The topological polar surface area (TPSA) is 109 Å². The lowest BCUT2D eigenvalue weighted by Gasteiger charge is -2.28. The van der Waals surface area contributed by atoms with Crippen LogP contribution < -0.4 is 14.9 Å². The van der Waals surface area contributed by atoms with Crippen LogP contribution in [-0.4, -0.2) is 32.6 Å². The zero-order valence-corrected chi connectivity index (χ0v) is 18.2. The summed E-state index contributed by atoms with van der Waals surface area (Å²) in [6, 6.07) is 4.82. The van der Waals surface area contributed by atoms with Gasteiger partial charge in [-0.2, -0.15) is 0 Å². The van der Waals surface area contributed by atoms with Crippen molar-refractivity contribution in [2.45, 2.75) is 51.4 Å². The third-order valence-corrected chi connectivity index (χ3v) is 6.04. The Kier molecular flexibility index (Phi) is 4.17. The van der Waals surface area contributed by atoms with E-state index in [0.29, 0.717) is 29.0 Å². The largest absolute Gasteiger partial charge is 0.507 e. The van der Waals surface area contributed by atoms with Crippen molar-refractivity contribution in [2.24, 2.45) is 0 Å². The van der Waals surface area contributed by atoms with E-state index in [1.165, 1.54) is 6.26 Å². The number of aromatic hydroxyl groups is 2. The molecule has 5 rings (SSSR count). The van der Waals surface area contributed by atoms with Crippen molar-refractivity contribution in [2.75, 3.05) is 0 Å². The number of phenolic OH excluding ortho intramolecular Hbond substituents is 2. The van der Waals surface area contributed by atoms with Gasteiger partial charge in [-0.3, -0.25) is 4.79 Å². The molecule has 0 aliphatic carbocycles. The van der Waals surface area contributed by atoms with Crippen LogP contribution in [0, 0.1) is 0 Å². The first kappa shape index (κ1) is 20.5. The van der Waals surface area contributed by atoms with Crippen LogP contribution in [0.1, 0.15) is 38.8 Å². The molecule has 3 aromatic rings. The molecule has 0 saturated heterocycles. The maximum Gasteiger partial charge on any atom is 0.204 e. The van der Waals surface area contributed by atoms with Gasteiger partial charge in [-0.15, -0.1) is 0 Å². The van der Waals surface area contributed by atoms with Gasteiger partial charge in [-0.25, -0.2) is 0 Å². The molecule has 1 atom stereocenters. The van der Waals surface area contributed by atoms with Crippen molar-refractivity contribution in [3.8, 4) is 34.1 Å². The van der Waals surface area contributed by atoms with E-state index in [1.807, 2.05) is 13.8 Å². The van der Waals surface area contributed by atoms with E-state index in [0.717, 1.165) is 0 Å². The second kappa shape index (κ2) is 6.53. The monoisotopic (exact) mass is 436 g/mol. The Morgan fingerprint density at radius 3 is 2.56 bits per heavy atom. The van der Waals surface area contributed by atoms with Gasteiger partial charge < -0.3 is 29.2 Å². The molecular weight excluding hydrogens is 412 g/mol. The third kappa shape index (κ3) is 3.04. The summed E-state index contributed by atoms with van der Waals surface area (Å²) >= 11 is 0. The van der Waals surface area contributed by atoms with Gasteiger partial charge in [0.15, 0.2) is 0 Å². The molecule has 2 aromatic carbocycles. The van der Waals surface area contributed by atoms with Crippen molar-refractivity contribution in [1.29, 1.82) is 0 Å². The fraction of sp³-hybridized carbons (Fsp3) is 0.320. The smallest absolute Gasteiger partial charge is 0.204 e. The molecule has 1 aromatic heterocycles. The molecule has 0 radical (unpaired) electrons. The molecule has 3 heterocycles. The Bertz CT molecular complexity index is 1360. The van der Waals surface area contributed by atoms with Gasteiger partial charge in [-0.05, 0) is 52.0 Å². The van der Waals surface area contributed by atoms with E-state index in [9.17, 15) is 20.1 Å². The van der Waals surface area contributed by atoms with Gasteiger partial charge in [0.1, 0.15) is 51.9 Å². The Balaban J connectivity index is 1.66. The second-order valence-corrected chi connectivity index (χ2v) is 9.43. The highest BCUT2D eigenvalue weighted by Crippen LogP contribution is 2.45. The minimum absolute atomic E-state index is 0.0136. The van der Waals surface area contributed by atoms with Crippen molar-refractivity contribution >= 4 is 17.0 Å². The zero-order chi connectivity index (χ0) is 23.0. The van der Waals surface area contributed by atoms with E-state index < -0.39 is 22.7 Å². The molecule has 0 saturated carbocycles. The van der Waals surface area contributed by atoms with Crippen molar-refractivity contribution in [1.82, 2.24) is 0 Å². The summed E-state index contributed by atoms with van der Waals surface area (Å²) in [4.78, 5) is 13.4. The zero-order valence-electron chi connectivity index (χ0n) is 18.2. The summed E-state index contributed by atoms with van der Waals surface area (Å²) in [7, 11) is 0. The third-order valence-electron chi connectivity index (χ3n) is 6.04. The molecular formula is C25H24O7. The van der Waals surface area contributed by atoms with Crippen LogP contribution >= 0.6 is 0 Å². The number of rotatable bonds is 2. The number of aliphatic hydroxyl groups is 1. The fourth-order valence-corrected chi connectivity index (χ4v) is 4.21. The van der Waals surface area contributed by atoms with Gasteiger partial charge in [0.2, 0.25) is 5.43 Å². The van der Waals surface area contributed by atoms with Crippen molar-refractivity contribution in [3.63, 3.8) is 0 Å². The van der Waals surface area contributed by atoms with Crippen molar-refractivity contribution in [3.05, 3.63) is 51.9 Å². The summed E-state index contributed by atoms with van der Waals surface area (Å²) in [6.45, 7) is 7.05. The summed E-state index contributed by atoms with van der Waals surface area (Å²) in [6.07, 6.45) is 4.58. The van der Waals surface area contributed by atoms with E-state index in [2.05, 4.69) is 0 Å². The van der Waals surface area contributed by atoms with Gasteiger partial charge in [0.05, 0.1) is 16.7 Å². The summed E-state index contributed by atoms with van der Waals surface area (Å²) in [5.74, 6) is 0.549. The average molecular weight is 436 g/mol. The molecule has 7 heteroatoms. The Hall–Kier alpha value is -3.45. The van der Waals surface area contributed by atoms with E-state index in [-0.39, 0.29) is 33.6 Å². The van der Waals surface area contributed by atoms with Crippen LogP contribution in [0.15, 0.2) is 39.7 Å². The summed E-state index contributed by atoms with van der Waals surface area (Å²) < 4.78 is 17.4. The fourth-order valence-electron chi connectivity index (χ4n) is 4.21. The van der Waals surface area contributed by atoms with Gasteiger partial charge >= 0.3 is 0 Å². The second-order valence-electron chi connectivity index (χ2n) is 9.43. The number of fused-ring (bicyclic) bond motifs is 3. The highest BCUT2D eigenvalue weighted by atomic mass is 16.5. The number of hydrogen-bond acceptors (Lipinski definition) is 7. The molecule has 3 N–H and O–H groups in total. The van der Waals surface area contributed by atoms with Crippen LogP contribution in [0.4, 0.5) is 0 Å². The van der Waals surface area contributed by atoms with Crippen LogP contribution in [-0.2, 0) is 6.42 Å². The molecule has 166 valence electrons. The maximum atomic E-state index is 13.4. The normalized spacial score (nSPS) is 18.7. The van der Waals surface area contributed by atoms with Crippen LogP contribution in [0.25, 0.3) is 28.2 Å². The predicted molar refractivity (Wildman–Crippen MR) is 119 cm³/mol. The lowest BCUT2D eigenvalue weighted by atomic mass is 9.94. The first-order valence-corrected chi connectivity index (χ1v) is 10.4. The SMILES string of the molecule is CC1(C)C=Cc2c(cc3occ(-c4ccc5c(c4O)C[C@H](C(C)(C)O)O5)c(=O)c3c2O)O1.